The van der Waals surface area contributed by atoms with E-state index in [1.54, 1.807) is 0 Å². The molecular formula is C51H28BN5. The van der Waals surface area contributed by atoms with Crippen LogP contribution in [0.4, 0.5) is 5.69 Å². The van der Waals surface area contributed by atoms with Crippen LogP contribution in [-0.2, 0) is 0 Å². The molecule has 1 aliphatic heterocycles. The lowest BCUT2D eigenvalue weighted by Crippen LogP contribution is -2.54. The predicted molar refractivity (Wildman–Crippen MR) is 233 cm³/mol. The standard InChI is InChI=1S/C51H28BN5/c1-55-49-48(52-42-24-10-4-18-34(42)32-16-2-3-17-33(32)35-19-5-11-25-43(35)52)40(30-53)50(56-44-26-12-6-20-36(44)37-21-7-13-27-45(37)56)41(31-54)51(49)57-46-28-14-8-22-38(46)39-23-9-15-29-47(39)57/h2-29H. The van der Waals surface area contributed by atoms with E-state index in [9.17, 15) is 10.5 Å². The van der Waals surface area contributed by atoms with Crippen molar-refractivity contribution in [3.05, 3.63) is 192 Å². The molecule has 0 bridgehead atoms. The molecule has 2 aromatic heterocycles. The average molecular weight is 722 g/mol. The molecule has 0 atom stereocenters. The molecule has 0 radical (unpaired) electrons. The van der Waals surface area contributed by atoms with Gasteiger partial charge in [0.15, 0.2) is 0 Å². The van der Waals surface area contributed by atoms with Crippen LogP contribution in [0.15, 0.2) is 170 Å². The summed E-state index contributed by atoms with van der Waals surface area (Å²) in [6, 6.07) is 63.0. The van der Waals surface area contributed by atoms with E-state index in [1.807, 2.05) is 72.8 Å². The van der Waals surface area contributed by atoms with E-state index in [0.29, 0.717) is 22.4 Å². The zero-order chi connectivity index (χ0) is 38.2. The monoisotopic (exact) mass is 721 g/mol. The van der Waals surface area contributed by atoms with E-state index in [-0.39, 0.29) is 11.3 Å². The zero-order valence-corrected chi connectivity index (χ0v) is 30.5. The van der Waals surface area contributed by atoms with Crippen molar-refractivity contribution in [1.29, 1.82) is 10.5 Å². The first-order valence-corrected chi connectivity index (χ1v) is 18.9. The lowest BCUT2D eigenvalue weighted by Gasteiger charge is -2.26. The molecule has 57 heavy (non-hydrogen) atoms. The SMILES string of the molecule is [C-]#[N+]c1c(B2c3ccccc3-c3ccccc3-c3ccccc32)c(C#N)c(-n2c3ccccc3c3ccccc32)c(C#N)c1-n1c2ccccc2c2ccccc21. The first kappa shape index (κ1) is 32.3. The molecule has 260 valence electrons. The van der Waals surface area contributed by atoms with Crippen LogP contribution in [0.3, 0.4) is 0 Å². The van der Waals surface area contributed by atoms with Crippen molar-refractivity contribution in [2.75, 3.05) is 0 Å². The van der Waals surface area contributed by atoms with Gasteiger partial charge in [-0.1, -0.05) is 157 Å². The van der Waals surface area contributed by atoms with Crippen LogP contribution in [0.25, 0.3) is 82.1 Å². The Morgan fingerprint density at radius 3 is 1.18 bits per heavy atom. The summed E-state index contributed by atoms with van der Waals surface area (Å²) in [6.45, 7) is 8.60. The molecule has 6 heteroatoms. The Kier molecular flexibility index (Phi) is 7.08. The zero-order valence-electron chi connectivity index (χ0n) is 30.5. The molecule has 0 aliphatic carbocycles. The molecule has 3 heterocycles. The molecule has 0 saturated carbocycles. The van der Waals surface area contributed by atoms with E-state index in [0.717, 1.165) is 76.8 Å². The van der Waals surface area contributed by atoms with Gasteiger partial charge in [0.2, 0.25) is 12.4 Å². The van der Waals surface area contributed by atoms with Gasteiger partial charge in [0.1, 0.15) is 6.07 Å². The molecule has 1 aliphatic rings. The Bertz CT molecular complexity index is 3150. The Labute approximate surface area is 329 Å². The van der Waals surface area contributed by atoms with Gasteiger partial charge in [0.25, 0.3) is 0 Å². The average Bonchev–Trinajstić information content (AvgIpc) is 3.75. The van der Waals surface area contributed by atoms with E-state index in [1.165, 1.54) is 0 Å². The topological polar surface area (TPSA) is 61.8 Å². The Morgan fingerprint density at radius 2 is 0.772 bits per heavy atom. The highest BCUT2D eigenvalue weighted by Crippen LogP contribution is 2.43. The molecule has 0 fully saturated rings. The van der Waals surface area contributed by atoms with Crippen LogP contribution < -0.4 is 16.4 Å². The maximum absolute atomic E-state index is 11.7. The molecule has 0 N–H and O–H groups in total. The van der Waals surface area contributed by atoms with Crippen LogP contribution >= 0.6 is 0 Å². The van der Waals surface area contributed by atoms with Gasteiger partial charge in [-0.25, -0.2) is 4.85 Å². The number of nitrogens with zero attached hydrogens (tertiary/aromatic N) is 5. The summed E-state index contributed by atoms with van der Waals surface area (Å²) in [7, 11) is 0. The van der Waals surface area contributed by atoms with Crippen LogP contribution in [0.2, 0.25) is 0 Å². The number of fused-ring (bicyclic) bond motifs is 11. The van der Waals surface area contributed by atoms with Crippen molar-refractivity contribution in [1.82, 2.24) is 9.13 Å². The summed E-state index contributed by atoms with van der Waals surface area (Å²) in [5.74, 6) is 0. The lowest BCUT2D eigenvalue weighted by molar-refractivity contribution is 1.12. The number of aromatic nitrogens is 2. The number of nitriles is 2. The fourth-order valence-electron chi connectivity index (χ4n) is 9.53. The summed E-state index contributed by atoms with van der Waals surface area (Å²) in [5, 5.41) is 27.4. The van der Waals surface area contributed by atoms with E-state index in [2.05, 4.69) is 123 Å². The highest BCUT2D eigenvalue weighted by Gasteiger charge is 2.39. The van der Waals surface area contributed by atoms with Gasteiger partial charge in [-0.2, -0.15) is 10.5 Å². The number of hydrogen-bond acceptors (Lipinski definition) is 2. The minimum absolute atomic E-state index is 0.262. The molecule has 0 spiro atoms. The number of hydrogen-bond donors (Lipinski definition) is 0. The largest absolute Gasteiger partial charge is 0.318 e. The van der Waals surface area contributed by atoms with Gasteiger partial charge < -0.3 is 9.13 Å². The lowest BCUT2D eigenvalue weighted by atomic mass is 9.34. The Hall–Kier alpha value is -8.11. The molecule has 0 amide bonds. The van der Waals surface area contributed by atoms with Gasteiger partial charge in [-0.05, 0) is 52.0 Å². The second kappa shape index (κ2) is 12.5. The van der Waals surface area contributed by atoms with Gasteiger partial charge >= 0.3 is 0 Å². The third-order valence-corrected chi connectivity index (χ3v) is 11.7. The van der Waals surface area contributed by atoms with Gasteiger partial charge in [0.05, 0.1) is 57.2 Å². The molecule has 11 rings (SSSR count). The molecule has 10 aromatic rings. The van der Waals surface area contributed by atoms with Crippen LogP contribution in [0.1, 0.15) is 11.1 Å². The van der Waals surface area contributed by atoms with E-state index in [4.69, 9.17) is 6.57 Å². The first-order valence-electron chi connectivity index (χ1n) is 18.9. The third kappa shape index (κ3) is 4.43. The molecule has 0 saturated heterocycles. The smallest absolute Gasteiger partial charge is 0.234 e. The second-order valence-electron chi connectivity index (χ2n) is 14.4. The fraction of sp³-hybridized carbons (Fsp3) is 0. The van der Waals surface area contributed by atoms with E-state index >= 15 is 0 Å². The highest BCUT2D eigenvalue weighted by molar-refractivity contribution is 6.98. The maximum atomic E-state index is 11.7. The Morgan fingerprint density at radius 1 is 0.421 bits per heavy atom. The first-order chi connectivity index (χ1) is 28.2. The molecule has 8 aromatic carbocycles. The summed E-state index contributed by atoms with van der Waals surface area (Å²) in [5.41, 5.74) is 12.1. The van der Waals surface area contributed by atoms with Crippen LogP contribution in [0, 0.1) is 29.2 Å². The number of para-hydroxylation sites is 4. The van der Waals surface area contributed by atoms with Crippen LogP contribution in [0.5, 0.6) is 0 Å². The molecule has 0 unspecified atom stereocenters. The predicted octanol–water partition coefficient (Wildman–Crippen LogP) is 10.3. The normalized spacial score (nSPS) is 11.8. The summed E-state index contributed by atoms with van der Waals surface area (Å²) >= 11 is 0. The quantitative estimate of drug-likeness (QED) is 0.135. The fourth-order valence-corrected chi connectivity index (χ4v) is 9.53. The second-order valence-corrected chi connectivity index (χ2v) is 14.4. The van der Waals surface area contributed by atoms with Crippen molar-refractivity contribution in [2.45, 2.75) is 0 Å². The van der Waals surface area contributed by atoms with E-state index < -0.39 is 6.71 Å². The van der Waals surface area contributed by atoms with Crippen molar-refractivity contribution in [3.8, 4) is 45.8 Å². The van der Waals surface area contributed by atoms with Crippen LogP contribution in [-0.4, -0.2) is 15.8 Å². The molecular weight excluding hydrogens is 693 g/mol. The van der Waals surface area contributed by atoms with Crippen molar-refractivity contribution in [2.24, 2.45) is 0 Å². The minimum Gasteiger partial charge on any atom is -0.318 e. The number of benzene rings is 8. The number of rotatable bonds is 3. The van der Waals surface area contributed by atoms with Crippen molar-refractivity contribution < 1.29 is 0 Å². The summed E-state index contributed by atoms with van der Waals surface area (Å²) in [4.78, 5) is 4.42. The van der Waals surface area contributed by atoms with Gasteiger partial charge in [-0.3, -0.25) is 0 Å². The maximum Gasteiger partial charge on any atom is 0.234 e. The minimum atomic E-state index is -0.546. The van der Waals surface area contributed by atoms with Gasteiger partial charge in [0, 0.05) is 21.5 Å². The Balaban J connectivity index is 1.42. The highest BCUT2D eigenvalue weighted by atomic mass is 15.0. The van der Waals surface area contributed by atoms with Crippen molar-refractivity contribution >= 4 is 72.4 Å². The summed E-state index contributed by atoms with van der Waals surface area (Å²) in [6.07, 6.45) is 0. The third-order valence-electron chi connectivity index (χ3n) is 11.7. The van der Waals surface area contributed by atoms with Crippen molar-refractivity contribution in [3.63, 3.8) is 0 Å². The molecule has 5 nitrogen and oxygen atoms in total. The summed E-state index contributed by atoms with van der Waals surface area (Å²) < 4.78 is 4.17. The van der Waals surface area contributed by atoms with Gasteiger partial charge in [-0.15, -0.1) is 0 Å².